The van der Waals surface area contributed by atoms with E-state index in [1.165, 1.54) is 16.8 Å². The van der Waals surface area contributed by atoms with Crippen LogP contribution in [-0.2, 0) is 0 Å². The smallest absolute Gasteiger partial charge is 0.114 e. The van der Waals surface area contributed by atoms with Crippen molar-refractivity contribution in [2.75, 3.05) is 0 Å². The predicted molar refractivity (Wildman–Crippen MR) is 76.2 cm³/mol. The van der Waals surface area contributed by atoms with E-state index in [-0.39, 0.29) is 0 Å². The zero-order chi connectivity index (χ0) is 13.4. The van der Waals surface area contributed by atoms with Gasteiger partial charge >= 0.3 is 0 Å². The van der Waals surface area contributed by atoms with E-state index in [1.54, 1.807) is 0 Å². The van der Waals surface area contributed by atoms with E-state index < -0.39 is 0 Å². The molecule has 0 fully saturated rings. The number of nitrogens with zero attached hydrogens (tertiary/aromatic N) is 2. The maximum absolute atomic E-state index is 4.45. The lowest BCUT2D eigenvalue weighted by atomic mass is 10.0. The summed E-state index contributed by atoms with van der Waals surface area (Å²) in [6.45, 7) is 13.1. The van der Waals surface area contributed by atoms with Crippen molar-refractivity contribution >= 4 is 10.9 Å². The summed E-state index contributed by atoms with van der Waals surface area (Å²) >= 11 is 0. The van der Waals surface area contributed by atoms with Crippen LogP contribution >= 0.6 is 0 Å². The Kier molecular flexibility index (Phi) is 3.42. The molecule has 0 aliphatic heterocycles. The third kappa shape index (κ3) is 2.14. The van der Waals surface area contributed by atoms with Gasteiger partial charge in [-0.05, 0) is 23.8 Å². The lowest BCUT2D eigenvalue weighted by Crippen LogP contribution is -1.96. The first-order valence-electron chi connectivity index (χ1n) is 6.80. The molecule has 3 nitrogen and oxygen atoms in total. The van der Waals surface area contributed by atoms with Crippen molar-refractivity contribution in [1.82, 2.24) is 15.2 Å². The Morgan fingerprint density at radius 1 is 0.833 bits per heavy atom. The van der Waals surface area contributed by atoms with Crippen LogP contribution in [0.25, 0.3) is 10.9 Å². The fraction of sp³-hybridized carbons (Fsp3) is 0.600. The molecule has 0 saturated carbocycles. The quantitative estimate of drug-likeness (QED) is 0.874. The summed E-state index contributed by atoms with van der Waals surface area (Å²) in [7, 11) is 0. The first-order chi connectivity index (χ1) is 8.41. The van der Waals surface area contributed by atoms with E-state index in [0.717, 1.165) is 11.2 Å². The fourth-order valence-electron chi connectivity index (χ4n) is 2.24. The standard InChI is InChI=1S/C15H23N3/c1-8(2)12-7-11-13(9(3)4)16-14(10(5)6)15(11)18-17-12/h7-10,16H,1-6H3. The minimum absolute atomic E-state index is 0.416. The third-order valence-corrected chi connectivity index (χ3v) is 3.37. The van der Waals surface area contributed by atoms with Crippen LogP contribution < -0.4 is 0 Å². The Hall–Kier alpha value is -1.38. The minimum Gasteiger partial charge on any atom is -0.359 e. The zero-order valence-corrected chi connectivity index (χ0v) is 12.2. The van der Waals surface area contributed by atoms with Gasteiger partial charge in [-0.15, -0.1) is 5.10 Å². The number of hydrogen-bond acceptors (Lipinski definition) is 2. The van der Waals surface area contributed by atoms with E-state index in [9.17, 15) is 0 Å². The Bertz CT molecular complexity index is 550. The lowest BCUT2D eigenvalue weighted by Gasteiger charge is -2.05. The molecular formula is C15H23N3. The van der Waals surface area contributed by atoms with Crippen LogP contribution in [0.5, 0.6) is 0 Å². The number of H-pyrrole nitrogens is 1. The van der Waals surface area contributed by atoms with Gasteiger partial charge in [-0.25, -0.2) is 0 Å². The molecule has 0 amide bonds. The summed E-state index contributed by atoms with van der Waals surface area (Å²) in [6.07, 6.45) is 0. The van der Waals surface area contributed by atoms with Crippen molar-refractivity contribution in [3.05, 3.63) is 23.1 Å². The highest BCUT2D eigenvalue weighted by atomic mass is 15.1. The molecule has 2 aromatic rings. The molecule has 0 aliphatic rings. The molecule has 0 saturated heterocycles. The number of aromatic amines is 1. The maximum atomic E-state index is 4.45. The Morgan fingerprint density at radius 3 is 1.94 bits per heavy atom. The maximum Gasteiger partial charge on any atom is 0.114 e. The summed E-state index contributed by atoms with van der Waals surface area (Å²) in [5, 5.41) is 10.0. The molecule has 0 unspecified atom stereocenters. The van der Waals surface area contributed by atoms with Crippen molar-refractivity contribution in [3.8, 4) is 0 Å². The van der Waals surface area contributed by atoms with E-state index in [2.05, 4.69) is 62.8 Å². The fourth-order valence-corrected chi connectivity index (χ4v) is 2.24. The highest BCUT2D eigenvalue weighted by molar-refractivity contribution is 5.85. The van der Waals surface area contributed by atoms with Crippen LogP contribution in [0.4, 0.5) is 0 Å². The first kappa shape index (κ1) is 13.1. The van der Waals surface area contributed by atoms with E-state index in [0.29, 0.717) is 17.8 Å². The van der Waals surface area contributed by atoms with Gasteiger partial charge in [0.1, 0.15) is 5.52 Å². The largest absolute Gasteiger partial charge is 0.359 e. The Balaban J connectivity index is 2.71. The average molecular weight is 245 g/mol. The van der Waals surface area contributed by atoms with Crippen molar-refractivity contribution in [2.45, 2.75) is 59.3 Å². The van der Waals surface area contributed by atoms with Crippen LogP contribution in [0.1, 0.15) is 76.4 Å². The normalized spacial score (nSPS) is 12.3. The summed E-state index contributed by atoms with van der Waals surface area (Å²) in [4.78, 5) is 3.55. The van der Waals surface area contributed by atoms with Gasteiger partial charge in [-0.1, -0.05) is 41.5 Å². The van der Waals surface area contributed by atoms with Gasteiger partial charge in [0.05, 0.1) is 5.69 Å². The van der Waals surface area contributed by atoms with E-state index in [4.69, 9.17) is 0 Å². The van der Waals surface area contributed by atoms with Gasteiger partial charge in [0.2, 0.25) is 0 Å². The topological polar surface area (TPSA) is 41.6 Å². The van der Waals surface area contributed by atoms with Gasteiger partial charge < -0.3 is 4.98 Å². The second-order valence-corrected chi connectivity index (χ2v) is 5.95. The van der Waals surface area contributed by atoms with Gasteiger partial charge in [-0.3, -0.25) is 0 Å². The molecule has 18 heavy (non-hydrogen) atoms. The predicted octanol–water partition coefficient (Wildman–Crippen LogP) is 4.33. The highest BCUT2D eigenvalue weighted by Crippen LogP contribution is 2.31. The number of nitrogens with one attached hydrogen (secondary N) is 1. The molecular weight excluding hydrogens is 222 g/mol. The van der Waals surface area contributed by atoms with E-state index in [1.807, 2.05) is 0 Å². The Morgan fingerprint density at radius 2 is 1.44 bits per heavy atom. The summed E-state index contributed by atoms with van der Waals surface area (Å²) in [5.74, 6) is 1.34. The molecule has 0 aromatic carbocycles. The number of hydrogen-bond donors (Lipinski definition) is 1. The van der Waals surface area contributed by atoms with Gasteiger partial charge in [0.25, 0.3) is 0 Å². The van der Waals surface area contributed by atoms with Crippen LogP contribution in [0.15, 0.2) is 6.07 Å². The summed E-state index contributed by atoms with van der Waals surface area (Å²) < 4.78 is 0. The van der Waals surface area contributed by atoms with Crippen molar-refractivity contribution < 1.29 is 0 Å². The molecule has 2 heterocycles. The van der Waals surface area contributed by atoms with Crippen LogP contribution in [0.3, 0.4) is 0 Å². The summed E-state index contributed by atoms with van der Waals surface area (Å²) in [5.41, 5.74) is 4.60. The number of fused-ring (bicyclic) bond motifs is 1. The number of rotatable bonds is 3. The van der Waals surface area contributed by atoms with Gasteiger partial charge in [-0.2, -0.15) is 5.10 Å². The lowest BCUT2D eigenvalue weighted by molar-refractivity contribution is 0.786. The van der Waals surface area contributed by atoms with Crippen LogP contribution in [-0.4, -0.2) is 15.2 Å². The molecule has 3 heteroatoms. The highest BCUT2D eigenvalue weighted by Gasteiger charge is 2.17. The second-order valence-electron chi connectivity index (χ2n) is 5.95. The summed E-state index contributed by atoms with van der Waals surface area (Å²) in [6, 6.07) is 2.20. The average Bonchev–Trinajstić information content (AvgIpc) is 2.67. The Labute approximate surface area is 109 Å². The van der Waals surface area contributed by atoms with Crippen molar-refractivity contribution in [2.24, 2.45) is 0 Å². The monoisotopic (exact) mass is 245 g/mol. The van der Waals surface area contributed by atoms with E-state index >= 15 is 0 Å². The molecule has 2 aromatic heterocycles. The molecule has 0 atom stereocenters. The SMILES string of the molecule is CC(C)c1cc2c(C(C)C)[nH]c(C(C)C)c2nn1. The first-order valence-corrected chi connectivity index (χ1v) is 6.80. The number of aromatic nitrogens is 3. The zero-order valence-electron chi connectivity index (χ0n) is 12.2. The van der Waals surface area contributed by atoms with Crippen molar-refractivity contribution in [3.63, 3.8) is 0 Å². The third-order valence-electron chi connectivity index (χ3n) is 3.37. The van der Waals surface area contributed by atoms with Crippen LogP contribution in [0, 0.1) is 0 Å². The molecule has 0 radical (unpaired) electrons. The molecule has 0 bridgehead atoms. The molecule has 0 spiro atoms. The minimum atomic E-state index is 0.416. The molecule has 2 rings (SSSR count). The second kappa shape index (κ2) is 4.71. The van der Waals surface area contributed by atoms with Gasteiger partial charge in [0.15, 0.2) is 0 Å². The molecule has 98 valence electrons. The van der Waals surface area contributed by atoms with Gasteiger partial charge in [0, 0.05) is 16.8 Å². The van der Waals surface area contributed by atoms with Crippen molar-refractivity contribution in [1.29, 1.82) is 0 Å². The molecule has 1 N–H and O–H groups in total. The molecule has 0 aliphatic carbocycles. The van der Waals surface area contributed by atoms with Crippen LogP contribution in [0.2, 0.25) is 0 Å².